The Balaban J connectivity index is 2.33. The normalized spacial score (nSPS) is 24.9. The molecule has 1 heterocycles. The second-order valence-electron chi connectivity index (χ2n) is 4.42. The Hall–Kier alpha value is -0.120. The molecule has 0 aliphatic carbocycles. The molecule has 0 spiro atoms. The molecule has 1 aliphatic rings. The third-order valence-corrected chi connectivity index (χ3v) is 3.58. The van der Waals surface area contributed by atoms with Crippen LogP contribution in [-0.4, -0.2) is 43.8 Å². The Kier molecular flexibility index (Phi) is 4.85. The van der Waals surface area contributed by atoms with Gasteiger partial charge in [0.2, 0.25) is 0 Å². The van der Waals surface area contributed by atoms with Crippen molar-refractivity contribution in [3.63, 3.8) is 0 Å². The summed E-state index contributed by atoms with van der Waals surface area (Å²) in [4.78, 5) is 2.53. The topological polar surface area (TPSA) is 38.5 Å². The first-order valence-electron chi connectivity index (χ1n) is 5.66. The molecule has 0 aromatic rings. The van der Waals surface area contributed by atoms with Crippen LogP contribution < -0.4 is 5.73 Å². The number of nitrogens with zero attached hydrogens (tertiary/aromatic N) is 1. The fourth-order valence-electron chi connectivity index (χ4n) is 2.08. The van der Waals surface area contributed by atoms with Gasteiger partial charge in [-0.1, -0.05) is 6.92 Å². The van der Waals surface area contributed by atoms with Crippen molar-refractivity contribution in [2.75, 3.05) is 26.7 Å². The molecule has 3 heteroatoms. The van der Waals surface area contributed by atoms with E-state index in [1.807, 2.05) is 7.11 Å². The van der Waals surface area contributed by atoms with Gasteiger partial charge in [-0.2, -0.15) is 0 Å². The molecular weight excluding hydrogens is 176 g/mol. The van der Waals surface area contributed by atoms with Crippen LogP contribution in [0.2, 0.25) is 0 Å². The Morgan fingerprint density at radius 3 is 2.36 bits per heavy atom. The summed E-state index contributed by atoms with van der Waals surface area (Å²) in [6.07, 6.45) is 2.81. The molecule has 1 rings (SSSR count). The van der Waals surface area contributed by atoms with Crippen LogP contribution in [0.3, 0.4) is 0 Å². The maximum Gasteiger partial charge on any atom is 0.0595 e. The highest BCUT2D eigenvalue weighted by Crippen LogP contribution is 2.18. The smallest absolute Gasteiger partial charge is 0.0595 e. The number of methoxy groups -OCH3 is 1. The Labute approximate surface area is 87.6 Å². The summed E-state index contributed by atoms with van der Waals surface area (Å²) >= 11 is 0. The second kappa shape index (κ2) is 5.69. The molecule has 1 saturated heterocycles. The molecule has 0 radical (unpaired) electrons. The largest absolute Gasteiger partial charge is 0.381 e. The fraction of sp³-hybridized carbons (Fsp3) is 1.00. The van der Waals surface area contributed by atoms with Crippen LogP contribution in [0.4, 0.5) is 0 Å². The lowest BCUT2D eigenvalue weighted by molar-refractivity contribution is 0.0222. The average molecular weight is 200 g/mol. The fourth-order valence-corrected chi connectivity index (χ4v) is 2.08. The van der Waals surface area contributed by atoms with Crippen LogP contribution in [0, 0.1) is 5.92 Å². The van der Waals surface area contributed by atoms with E-state index < -0.39 is 0 Å². The van der Waals surface area contributed by atoms with Crippen molar-refractivity contribution in [2.45, 2.75) is 38.8 Å². The minimum atomic E-state index is 0.478. The SMILES string of the molecule is COC1CCN(C(C)C(C)CN)CC1. The molecule has 2 atom stereocenters. The number of rotatable bonds is 4. The van der Waals surface area contributed by atoms with Crippen LogP contribution in [0.15, 0.2) is 0 Å². The zero-order chi connectivity index (χ0) is 10.6. The second-order valence-corrected chi connectivity index (χ2v) is 4.42. The summed E-state index contributed by atoms with van der Waals surface area (Å²) < 4.78 is 5.35. The van der Waals surface area contributed by atoms with E-state index in [9.17, 15) is 0 Å². The van der Waals surface area contributed by atoms with E-state index >= 15 is 0 Å². The summed E-state index contributed by atoms with van der Waals surface area (Å²) in [5.41, 5.74) is 5.68. The number of nitrogens with two attached hydrogens (primary N) is 1. The summed E-state index contributed by atoms with van der Waals surface area (Å²) in [7, 11) is 1.81. The molecule has 0 bridgehead atoms. The lowest BCUT2D eigenvalue weighted by atomic mass is 9.98. The minimum Gasteiger partial charge on any atom is -0.381 e. The van der Waals surface area contributed by atoms with Crippen molar-refractivity contribution in [2.24, 2.45) is 11.7 Å². The molecule has 2 N–H and O–H groups in total. The summed E-state index contributed by atoms with van der Waals surface area (Å²) in [6.45, 7) is 7.61. The maximum absolute atomic E-state index is 5.68. The molecule has 0 saturated carbocycles. The van der Waals surface area contributed by atoms with E-state index in [2.05, 4.69) is 18.7 Å². The van der Waals surface area contributed by atoms with Crippen LogP contribution in [-0.2, 0) is 4.74 Å². The van der Waals surface area contributed by atoms with Gasteiger partial charge in [0.05, 0.1) is 6.10 Å². The Bertz CT molecular complexity index is 155. The molecule has 1 fully saturated rings. The van der Waals surface area contributed by atoms with Crippen molar-refractivity contribution < 1.29 is 4.74 Å². The monoisotopic (exact) mass is 200 g/mol. The number of ether oxygens (including phenoxy) is 1. The first-order chi connectivity index (χ1) is 6.69. The zero-order valence-electron chi connectivity index (χ0n) is 9.70. The van der Waals surface area contributed by atoms with Crippen molar-refractivity contribution in [3.8, 4) is 0 Å². The lowest BCUT2D eigenvalue weighted by Gasteiger charge is -2.37. The summed E-state index contributed by atoms with van der Waals surface area (Å²) in [5.74, 6) is 0.592. The predicted octanol–water partition coefficient (Wildman–Crippen LogP) is 1.08. The van der Waals surface area contributed by atoms with E-state index in [-0.39, 0.29) is 0 Å². The molecule has 14 heavy (non-hydrogen) atoms. The number of hydrogen-bond donors (Lipinski definition) is 1. The summed E-state index contributed by atoms with van der Waals surface area (Å²) in [6, 6.07) is 0.609. The highest BCUT2D eigenvalue weighted by Gasteiger charge is 2.24. The molecule has 3 nitrogen and oxygen atoms in total. The van der Waals surface area contributed by atoms with Crippen molar-refractivity contribution >= 4 is 0 Å². The van der Waals surface area contributed by atoms with Gasteiger partial charge < -0.3 is 15.4 Å². The zero-order valence-corrected chi connectivity index (χ0v) is 9.70. The van der Waals surface area contributed by atoms with Gasteiger partial charge in [-0.05, 0) is 32.2 Å². The number of piperidine rings is 1. The lowest BCUT2D eigenvalue weighted by Crippen LogP contribution is -2.45. The van der Waals surface area contributed by atoms with E-state index in [0.717, 1.165) is 32.5 Å². The van der Waals surface area contributed by atoms with Crippen LogP contribution in [0.5, 0.6) is 0 Å². The maximum atomic E-state index is 5.68. The van der Waals surface area contributed by atoms with Gasteiger partial charge in [0, 0.05) is 26.2 Å². The quantitative estimate of drug-likeness (QED) is 0.738. The van der Waals surface area contributed by atoms with Gasteiger partial charge in [0.1, 0.15) is 0 Å². The van der Waals surface area contributed by atoms with E-state index in [1.54, 1.807) is 0 Å². The van der Waals surface area contributed by atoms with Gasteiger partial charge in [0.25, 0.3) is 0 Å². The van der Waals surface area contributed by atoms with Gasteiger partial charge in [-0.25, -0.2) is 0 Å². The van der Waals surface area contributed by atoms with Crippen molar-refractivity contribution in [1.29, 1.82) is 0 Å². The van der Waals surface area contributed by atoms with Gasteiger partial charge in [-0.3, -0.25) is 0 Å². The molecule has 84 valence electrons. The third kappa shape index (κ3) is 2.94. The Morgan fingerprint density at radius 2 is 1.93 bits per heavy atom. The van der Waals surface area contributed by atoms with E-state index in [4.69, 9.17) is 10.5 Å². The van der Waals surface area contributed by atoms with Gasteiger partial charge in [-0.15, -0.1) is 0 Å². The highest BCUT2D eigenvalue weighted by molar-refractivity contribution is 4.79. The highest BCUT2D eigenvalue weighted by atomic mass is 16.5. The van der Waals surface area contributed by atoms with Crippen LogP contribution in [0.1, 0.15) is 26.7 Å². The molecule has 0 aromatic carbocycles. The van der Waals surface area contributed by atoms with Crippen molar-refractivity contribution in [1.82, 2.24) is 4.90 Å². The number of hydrogen-bond acceptors (Lipinski definition) is 3. The van der Waals surface area contributed by atoms with E-state index in [0.29, 0.717) is 18.1 Å². The van der Waals surface area contributed by atoms with E-state index in [1.165, 1.54) is 0 Å². The third-order valence-electron chi connectivity index (χ3n) is 3.58. The first-order valence-corrected chi connectivity index (χ1v) is 5.66. The molecule has 1 aliphatic heterocycles. The van der Waals surface area contributed by atoms with Gasteiger partial charge in [0.15, 0.2) is 0 Å². The van der Waals surface area contributed by atoms with Gasteiger partial charge >= 0.3 is 0 Å². The summed E-state index contributed by atoms with van der Waals surface area (Å²) in [5, 5.41) is 0. The molecular formula is C11H24N2O. The Morgan fingerprint density at radius 1 is 1.36 bits per heavy atom. The van der Waals surface area contributed by atoms with Crippen molar-refractivity contribution in [3.05, 3.63) is 0 Å². The van der Waals surface area contributed by atoms with Crippen LogP contribution in [0.25, 0.3) is 0 Å². The average Bonchev–Trinajstić information content (AvgIpc) is 2.27. The van der Waals surface area contributed by atoms with Crippen LogP contribution >= 0.6 is 0 Å². The first kappa shape index (κ1) is 12.0. The standard InChI is InChI=1S/C11H24N2O/c1-9(8-12)10(2)13-6-4-11(14-3)5-7-13/h9-11H,4-8,12H2,1-3H3. The molecule has 0 amide bonds. The molecule has 0 aromatic heterocycles. The number of likely N-dealkylation sites (tertiary alicyclic amines) is 1. The minimum absolute atomic E-state index is 0.478. The molecule has 2 unspecified atom stereocenters. The predicted molar refractivity (Wildman–Crippen MR) is 59.3 cm³/mol.